The molecule has 0 saturated carbocycles. The predicted octanol–water partition coefficient (Wildman–Crippen LogP) is 1.80. The predicted molar refractivity (Wildman–Crippen MR) is 83.5 cm³/mol. The molecule has 0 fully saturated rings. The molecule has 0 saturated heterocycles. The van der Waals surface area contributed by atoms with Gasteiger partial charge in [-0.05, 0) is 24.0 Å². The van der Waals surface area contributed by atoms with Crippen molar-refractivity contribution < 1.29 is 19.5 Å². The second-order valence-electron chi connectivity index (χ2n) is 5.60. The van der Waals surface area contributed by atoms with Gasteiger partial charge >= 0.3 is 5.97 Å². The highest BCUT2D eigenvalue weighted by atomic mass is 16.4. The third-order valence-corrected chi connectivity index (χ3v) is 3.02. The van der Waals surface area contributed by atoms with E-state index in [0.29, 0.717) is 17.7 Å². The Bertz CT molecular complexity index is 555. The lowest BCUT2D eigenvalue weighted by Gasteiger charge is -2.17. The summed E-state index contributed by atoms with van der Waals surface area (Å²) < 4.78 is 0. The lowest BCUT2D eigenvalue weighted by molar-refractivity contribution is -0.142. The zero-order chi connectivity index (χ0) is 16.7. The van der Waals surface area contributed by atoms with Crippen molar-refractivity contribution in [2.75, 3.05) is 5.32 Å². The van der Waals surface area contributed by atoms with Crippen LogP contribution in [-0.2, 0) is 20.8 Å². The van der Waals surface area contributed by atoms with Crippen molar-refractivity contribution in [1.29, 1.82) is 0 Å². The van der Waals surface area contributed by atoms with Crippen molar-refractivity contribution in [1.82, 2.24) is 5.32 Å². The number of carbonyl (C=O) groups is 3. The number of aliphatic carboxylic acids is 1. The summed E-state index contributed by atoms with van der Waals surface area (Å²) in [6.07, 6.45) is 0.382. The van der Waals surface area contributed by atoms with E-state index in [-0.39, 0.29) is 24.2 Å². The second kappa shape index (κ2) is 8.17. The van der Waals surface area contributed by atoms with Crippen LogP contribution in [0.1, 0.15) is 32.8 Å². The summed E-state index contributed by atoms with van der Waals surface area (Å²) in [6.45, 7) is 5.18. The summed E-state index contributed by atoms with van der Waals surface area (Å²) in [5.41, 5.74) is 1.20. The second-order valence-corrected chi connectivity index (χ2v) is 5.60. The summed E-state index contributed by atoms with van der Waals surface area (Å²) >= 11 is 0. The van der Waals surface area contributed by atoms with Gasteiger partial charge in [0.05, 0.1) is 6.42 Å². The van der Waals surface area contributed by atoms with E-state index < -0.39 is 12.0 Å². The lowest BCUT2D eigenvalue weighted by atomic mass is 10.0. The minimum Gasteiger partial charge on any atom is -0.480 e. The van der Waals surface area contributed by atoms with Crippen LogP contribution in [0.25, 0.3) is 0 Å². The first-order valence-corrected chi connectivity index (χ1v) is 7.17. The first-order chi connectivity index (χ1) is 10.3. The van der Waals surface area contributed by atoms with Crippen molar-refractivity contribution in [2.24, 2.45) is 5.92 Å². The van der Waals surface area contributed by atoms with Crippen molar-refractivity contribution >= 4 is 23.5 Å². The molecule has 6 nitrogen and oxygen atoms in total. The van der Waals surface area contributed by atoms with Crippen molar-refractivity contribution in [3.8, 4) is 0 Å². The van der Waals surface area contributed by atoms with E-state index in [1.165, 1.54) is 6.92 Å². The Morgan fingerprint density at radius 2 is 1.82 bits per heavy atom. The van der Waals surface area contributed by atoms with Gasteiger partial charge in [0.25, 0.3) is 0 Å². The van der Waals surface area contributed by atoms with Gasteiger partial charge in [-0.25, -0.2) is 4.79 Å². The Labute approximate surface area is 129 Å². The van der Waals surface area contributed by atoms with Crippen LogP contribution in [0.15, 0.2) is 24.3 Å². The molecule has 0 heterocycles. The van der Waals surface area contributed by atoms with E-state index in [9.17, 15) is 14.4 Å². The normalized spacial score (nSPS) is 11.8. The highest BCUT2D eigenvalue weighted by Crippen LogP contribution is 2.16. The first kappa shape index (κ1) is 17.7. The summed E-state index contributed by atoms with van der Waals surface area (Å²) in [4.78, 5) is 34.4. The Morgan fingerprint density at radius 1 is 1.18 bits per heavy atom. The van der Waals surface area contributed by atoms with E-state index in [2.05, 4.69) is 10.6 Å². The molecule has 0 radical (unpaired) electrons. The maximum atomic E-state index is 12.1. The van der Waals surface area contributed by atoms with Gasteiger partial charge in [-0.1, -0.05) is 32.0 Å². The minimum absolute atomic E-state index is 0.0122. The third kappa shape index (κ3) is 5.95. The van der Waals surface area contributed by atoms with Gasteiger partial charge in [-0.2, -0.15) is 0 Å². The molecule has 2 amide bonds. The SMILES string of the molecule is CC(=O)Nc1ccccc1CC(=O)N[C@H](CC(C)C)C(=O)O. The molecule has 120 valence electrons. The fourth-order valence-corrected chi connectivity index (χ4v) is 2.10. The van der Waals surface area contributed by atoms with Crippen LogP contribution in [0.2, 0.25) is 0 Å². The zero-order valence-corrected chi connectivity index (χ0v) is 13.1. The summed E-state index contributed by atoms with van der Waals surface area (Å²) in [5, 5.41) is 14.3. The van der Waals surface area contributed by atoms with Crippen molar-refractivity contribution in [3.05, 3.63) is 29.8 Å². The van der Waals surface area contributed by atoms with E-state index >= 15 is 0 Å². The molecule has 0 aliphatic carbocycles. The molecule has 1 aromatic rings. The smallest absolute Gasteiger partial charge is 0.326 e. The van der Waals surface area contributed by atoms with Crippen LogP contribution in [0.3, 0.4) is 0 Å². The average molecular weight is 306 g/mol. The Kier molecular flexibility index (Phi) is 6.56. The molecular formula is C16H22N2O4. The van der Waals surface area contributed by atoms with Gasteiger partial charge in [0.15, 0.2) is 0 Å². The topological polar surface area (TPSA) is 95.5 Å². The molecule has 1 aromatic carbocycles. The van der Waals surface area contributed by atoms with Crippen LogP contribution >= 0.6 is 0 Å². The molecule has 6 heteroatoms. The molecule has 1 atom stereocenters. The number of hydrogen-bond acceptors (Lipinski definition) is 3. The number of benzene rings is 1. The number of amides is 2. The van der Waals surface area contributed by atoms with Crippen LogP contribution in [0.4, 0.5) is 5.69 Å². The summed E-state index contributed by atoms with van der Waals surface area (Å²) in [7, 11) is 0. The fourth-order valence-electron chi connectivity index (χ4n) is 2.10. The van der Waals surface area contributed by atoms with Crippen LogP contribution in [0, 0.1) is 5.92 Å². The highest BCUT2D eigenvalue weighted by molar-refractivity contribution is 5.91. The maximum absolute atomic E-state index is 12.1. The highest BCUT2D eigenvalue weighted by Gasteiger charge is 2.21. The zero-order valence-electron chi connectivity index (χ0n) is 13.1. The molecule has 0 aromatic heterocycles. The maximum Gasteiger partial charge on any atom is 0.326 e. The molecule has 0 bridgehead atoms. The minimum atomic E-state index is -1.04. The van der Waals surface area contributed by atoms with Gasteiger partial charge < -0.3 is 15.7 Å². The van der Waals surface area contributed by atoms with Crippen LogP contribution in [0.5, 0.6) is 0 Å². The number of rotatable bonds is 7. The summed E-state index contributed by atoms with van der Waals surface area (Å²) in [6, 6.07) is 6.04. The van der Waals surface area contributed by atoms with Crippen molar-refractivity contribution in [2.45, 2.75) is 39.7 Å². The number of para-hydroxylation sites is 1. The number of carboxylic acid groups (broad SMARTS) is 1. The lowest BCUT2D eigenvalue weighted by Crippen LogP contribution is -2.42. The van der Waals surface area contributed by atoms with E-state index in [0.717, 1.165) is 0 Å². The van der Waals surface area contributed by atoms with Gasteiger partial charge in [-0.3, -0.25) is 9.59 Å². The quantitative estimate of drug-likeness (QED) is 0.716. The molecule has 0 aliphatic heterocycles. The van der Waals surface area contributed by atoms with Gasteiger partial charge in [0, 0.05) is 12.6 Å². The number of carbonyl (C=O) groups excluding carboxylic acids is 2. The number of hydrogen-bond donors (Lipinski definition) is 3. The van der Waals surface area contributed by atoms with Crippen LogP contribution in [-0.4, -0.2) is 28.9 Å². The first-order valence-electron chi connectivity index (χ1n) is 7.17. The Balaban J connectivity index is 2.75. The average Bonchev–Trinajstić information content (AvgIpc) is 2.39. The number of nitrogens with one attached hydrogen (secondary N) is 2. The Morgan fingerprint density at radius 3 is 2.36 bits per heavy atom. The molecule has 0 aliphatic rings. The summed E-state index contributed by atoms with van der Waals surface area (Å²) in [5.74, 6) is -1.49. The molecule has 3 N–H and O–H groups in total. The monoisotopic (exact) mass is 306 g/mol. The molecular weight excluding hydrogens is 284 g/mol. The van der Waals surface area contributed by atoms with E-state index in [1.807, 2.05) is 13.8 Å². The Hall–Kier alpha value is -2.37. The molecule has 22 heavy (non-hydrogen) atoms. The molecule has 0 spiro atoms. The van der Waals surface area contributed by atoms with E-state index in [1.54, 1.807) is 24.3 Å². The largest absolute Gasteiger partial charge is 0.480 e. The molecule has 0 unspecified atom stereocenters. The standard InChI is InChI=1S/C16H22N2O4/c1-10(2)8-14(16(21)22)18-15(20)9-12-6-4-5-7-13(12)17-11(3)19/h4-7,10,14H,8-9H2,1-3H3,(H,17,19)(H,18,20)(H,21,22)/t14-/m1/s1. The van der Waals surface area contributed by atoms with Gasteiger partial charge in [-0.15, -0.1) is 0 Å². The third-order valence-electron chi connectivity index (χ3n) is 3.02. The van der Waals surface area contributed by atoms with Gasteiger partial charge in [0.2, 0.25) is 11.8 Å². The van der Waals surface area contributed by atoms with Gasteiger partial charge in [0.1, 0.15) is 6.04 Å². The fraction of sp³-hybridized carbons (Fsp3) is 0.438. The van der Waals surface area contributed by atoms with E-state index in [4.69, 9.17) is 5.11 Å². The van der Waals surface area contributed by atoms with Crippen molar-refractivity contribution in [3.63, 3.8) is 0 Å². The number of carboxylic acids is 1. The molecule has 1 rings (SSSR count). The van der Waals surface area contributed by atoms with Crippen LogP contribution < -0.4 is 10.6 Å². The number of anilines is 1.